The number of thiophene rings is 3. The fourth-order valence-corrected chi connectivity index (χ4v) is 5.98. The van der Waals surface area contributed by atoms with Crippen molar-refractivity contribution in [2.45, 2.75) is 37.8 Å². The summed E-state index contributed by atoms with van der Waals surface area (Å²) < 4.78 is 106. The molecule has 0 fully saturated rings. The Morgan fingerprint density at radius 1 is 0.429 bits per heavy atom. The molecule has 6 rings (SSSR count). The largest absolute Gasteiger partial charge is 0.450 e. The first-order chi connectivity index (χ1) is 26.2. The van der Waals surface area contributed by atoms with Gasteiger partial charge in [0.1, 0.15) is 0 Å². The number of rotatable bonds is 9. The van der Waals surface area contributed by atoms with Crippen molar-refractivity contribution in [1.29, 1.82) is 0 Å². The van der Waals surface area contributed by atoms with Crippen LogP contribution >= 0.6 is 34.0 Å². The van der Waals surface area contributed by atoms with Gasteiger partial charge >= 0.3 is 18.5 Å². The Labute approximate surface area is 321 Å². The van der Waals surface area contributed by atoms with Gasteiger partial charge in [-0.2, -0.15) is 39.5 Å². The van der Waals surface area contributed by atoms with E-state index < -0.39 is 72.5 Å². The summed E-state index contributed by atoms with van der Waals surface area (Å²) in [5.41, 5.74) is 1.95. The molecule has 20 heteroatoms. The molecule has 0 saturated carbocycles. The topological polar surface area (TPSA) is 128 Å². The molecule has 0 bridgehead atoms. The number of nitrogens with zero attached hydrogens (tertiary/aromatic N) is 2. The van der Waals surface area contributed by atoms with Crippen molar-refractivity contribution in [3.8, 4) is 0 Å². The molecule has 1 aromatic carbocycles. The first-order valence-electron chi connectivity index (χ1n) is 15.3. The van der Waals surface area contributed by atoms with E-state index in [1.54, 1.807) is 28.5 Å². The molecule has 0 saturated heterocycles. The van der Waals surface area contributed by atoms with Gasteiger partial charge < -0.3 is 0 Å². The zero-order valence-corrected chi connectivity index (χ0v) is 30.4. The lowest BCUT2D eigenvalue weighted by Crippen LogP contribution is -2.25. The van der Waals surface area contributed by atoms with Gasteiger partial charge in [0.15, 0.2) is 17.3 Å². The van der Waals surface area contributed by atoms with Gasteiger partial charge in [-0.25, -0.2) is 0 Å². The summed E-state index contributed by atoms with van der Waals surface area (Å²) >= 11 is 3.04. The number of benzene rings is 1. The Bertz CT molecular complexity index is 2050. The predicted molar refractivity (Wildman–Crippen MR) is 190 cm³/mol. The maximum atomic E-state index is 11.8. The molecular weight excluding hydrogens is 824 g/mol. The quantitative estimate of drug-likeness (QED) is 0.0609. The molecule has 0 spiro atoms. The summed E-state index contributed by atoms with van der Waals surface area (Å²) in [6, 6.07) is 20.9. The zero-order chi connectivity index (χ0) is 41.7. The number of pyridine rings is 2. The van der Waals surface area contributed by atoms with E-state index in [1.165, 1.54) is 36.4 Å². The van der Waals surface area contributed by atoms with Crippen molar-refractivity contribution in [2.24, 2.45) is 0 Å². The third-order valence-electron chi connectivity index (χ3n) is 6.64. The van der Waals surface area contributed by atoms with Crippen molar-refractivity contribution >= 4 is 90.5 Å². The van der Waals surface area contributed by atoms with Crippen LogP contribution in [0.4, 0.5) is 39.5 Å². The zero-order valence-electron chi connectivity index (χ0n) is 27.9. The highest BCUT2D eigenvalue weighted by atomic mass is 32.1. The van der Waals surface area contributed by atoms with Crippen LogP contribution in [0.5, 0.6) is 0 Å². The third-order valence-corrected chi connectivity index (χ3v) is 9.38. The molecule has 8 nitrogen and oxygen atoms in total. The monoisotopic (exact) mass is 846 g/mol. The van der Waals surface area contributed by atoms with E-state index in [0.717, 1.165) is 55.8 Å². The summed E-state index contributed by atoms with van der Waals surface area (Å²) in [6.45, 7) is 0. The molecule has 56 heavy (non-hydrogen) atoms. The number of carbonyl (C=O) groups is 6. The van der Waals surface area contributed by atoms with Gasteiger partial charge in [0.2, 0.25) is 17.3 Å². The Morgan fingerprint density at radius 3 is 0.946 bits per heavy atom. The van der Waals surface area contributed by atoms with Gasteiger partial charge in [0.25, 0.3) is 0 Å². The molecule has 5 aromatic heterocycles. The molecule has 0 aliphatic heterocycles. The van der Waals surface area contributed by atoms with Crippen LogP contribution in [-0.2, 0) is 14.4 Å². The van der Waals surface area contributed by atoms with Crippen LogP contribution in [0.3, 0.4) is 0 Å². The number of carbonyl (C=O) groups excluding carboxylic acids is 6. The number of hydrogen-bond donors (Lipinski definition) is 0. The van der Waals surface area contributed by atoms with E-state index in [-0.39, 0.29) is 14.6 Å². The summed E-state index contributed by atoms with van der Waals surface area (Å²) in [7, 11) is 0. The first kappa shape index (κ1) is 44.9. The molecular formula is C36H23F9N2O6S3. The number of hydrogen-bond acceptors (Lipinski definition) is 11. The molecule has 294 valence electrons. The molecule has 0 atom stereocenters. The van der Waals surface area contributed by atoms with Crippen LogP contribution in [0, 0.1) is 0 Å². The number of aromatic nitrogens is 2. The predicted octanol–water partition coefficient (Wildman–Crippen LogP) is 10.1. The highest BCUT2D eigenvalue weighted by Gasteiger charge is 2.41. The molecule has 0 aliphatic rings. The summed E-state index contributed by atoms with van der Waals surface area (Å²) in [5, 5.41) is 6.96. The van der Waals surface area contributed by atoms with Crippen molar-refractivity contribution in [3.63, 3.8) is 0 Å². The van der Waals surface area contributed by atoms with E-state index in [2.05, 4.69) is 34.2 Å². The van der Waals surface area contributed by atoms with E-state index in [1.807, 2.05) is 12.1 Å². The minimum atomic E-state index is -4.92. The number of Topliss-reactive ketones (excluding diaryl/α,β-unsaturated/α-hetero) is 6. The maximum absolute atomic E-state index is 11.8. The smallest absolute Gasteiger partial charge is 0.293 e. The maximum Gasteiger partial charge on any atom is 0.450 e. The number of fused-ring (bicyclic) bond motifs is 3. The van der Waals surface area contributed by atoms with Gasteiger partial charge in [-0.1, -0.05) is 42.5 Å². The minimum absolute atomic E-state index is 0.169. The van der Waals surface area contributed by atoms with Crippen LogP contribution < -0.4 is 0 Å². The van der Waals surface area contributed by atoms with Crippen LogP contribution in [0.25, 0.3) is 21.8 Å². The van der Waals surface area contributed by atoms with Gasteiger partial charge in [-0.05, 0) is 46.5 Å². The second-order valence-corrected chi connectivity index (χ2v) is 13.6. The van der Waals surface area contributed by atoms with Crippen molar-refractivity contribution in [1.82, 2.24) is 9.97 Å². The molecule has 0 amide bonds. The van der Waals surface area contributed by atoms with Crippen LogP contribution in [0.15, 0.2) is 101 Å². The fourth-order valence-electron chi connectivity index (χ4n) is 3.99. The molecule has 0 N–H and O–H groups in total. The third kappa shape index (κ3) is 14.0. The number of halogens is 9. The average molecular weight is 847 g/mol. The Balaban J connectivity index is 0.000000200. The van der Waals surface area contributed by atoms with Gasteiger partial charge in [-0.3, -0.25) is 38.7 Å². The molecule has 0 radical (unpaired) electrons. The Morgan fingerprint density at radius 2 is 0.714 bits per heavy atom. The van der Waals surface area contributed by atoms with Gasteiger partial charge in [-0.15, -0.1) is 34.0 Å². The minimum Gasteiger partial charge on any atom is -0.293 e. The first-order valence-corrected chi connectivity index (χ1v) is 17.9. The van der Waals surface area contributed by atoms with Gasteiger partial charge in [0, 0.05) is 23.2 Å². The van der Waals surface area contributed by atoms with Crippen molar-refractivity contribution in [3.05, 3.63) is 116 Å². The Hall–Kier alpha value is -5.47. The SMILES string of the molecule is O=C(CC(=O)C(F)(F)F)c1cccs1.O=C(CC(=O)C(F)(F)F)c1cccs1.O=C(CC(=O)C(F)(F)F)c1cccs1.c1cnc2c(c1)ccc1cccnc12. The highest BCUT2D eigenvalue weighted by molar-refractivity contribution is 7.12. The average Bonchev–Trinajstić information content (AvgIpc) is 3.96. The van der Waals surface area contributed by atoms with E-state index in [9.17, 15) is 68.3 Å². The van der Waals surface area contributed by atoms with E-state index in [0.29, 0.717) is 0 Å². The lowest BCUT2D eigenvalue weighted by atomic mass is 10.1. The second-order valence-electron chi connectivity index (χ2n) is 10.7. The van der Waals surface area contributed by atoms with E-state index >= 15 is 0 Å². The summed E-state index contributed by atoms with van der Waals surface area (Å²) in [6.07, 6.45) is -14.5. The number of alkyl halides is 9. The lowest BCUT2D eigenvalue weighted by Gasteiger charge is -2.02. The molecule has 5 heterocycles. The molecule has 6 aromatic rings. The van der Waals surface area contributed by atoms with Gasteiger partial charge in [0.05, 0.1) is 44.9 Å². The highest BCUT2D eigenvalue weighted by Crippen LogP contribution is 2.23. The number of ketones is 6. The summed E-state index contributed by atoms with van der Waals surface area (Å²) in [4.78, 5) is 73.6. The van der Waals surface area contributed by atoms with Crippen LogP contribution in [-0.4, -0.2) is 63.2 Å². The lowest BCUT2D eigenvalue weighted by molar-refractivity contribution is -0.170. The molecule has 0 unspecified atom stereocenters. The Kier molecular flexibility index (Phi) is 16.0. The second kappa shape index (κ2) is 19.9. The van der Waals surface area contributed by atoms with Crippen LogP contribution in [0.1, 0.15) is 48.3 Å². The van der Waals surface area contributed by atoms with Crippen molar-refractivity contribution < 1.29 is 68.3 Å². The normalized spacial score (nSPS) is 11.2. The van der Waals surface area contributed by atoms with Crippen molar-refractivity contribution in [2.75, 3.05) is 0 Å². The standard InChI is InChI=1S/C12H8N2.3C8H5F3O2S/c1-3-9-5-6-10-4-2-8-14-12(10)11(9)13-7-1;3*9-8(10,11)7(13)4-5(12)6-2-1-3-14-6/h1-8H;3*1-3H,4H2. The fraction of sp³-hybridized carbons (Fsp3) is 0.167. The summed E-state index contributed by atoms with van der Waals surface area (Å²) in [5.74, 6) is -8.38. The van der Waals surface area contributed by atoms with Crippen LogP contribution in [0.2, 0.25) is 0 Å². The molecule has 0 aliphatic carbocycles. The van der Waals surface area contributed by atoms with E-state index in [4.69, 9.17) is 0 Å².